The minimum absolute atomic E-state index is 0.378. The van der Waals surface area contributed by atoms with Gasteiger partial charge in [0.2, 0.25) is 5.91 Å². The molecule has 1 amide bonds. The van der Waals surface area contributed by atoms with Crippen LogP contribution in [0.25, 0.3) is 0 Å². The Morgan fingerprint density at radius 3 is 2.38 bits per heavy atom. The van der Waals surface area contributed by atoms with Crippen LogP contribution in [0.3, 0.4) is 0 Å². The SMILES string of the molecule is CCC[C@H](NC(=O)[C@@H](N)CC(=O)O)B(O)O. The van der Waals surface area contributed by atoms with Crippen molar-refractivity contribution in [3.63, 3.8) is 0 Å². The molecule has 92 valence electrons. The number of carboxylic acids is 1. The van der Waals surface area contributed by atoms with E-state index in [0.717, 1.165) is 0 Å². The molecule has 0 aromatic heterocycles. The highest BCUT2D eigenvalue weighted by molar-refractivity contribution is 6.43. The van der Waals surface area contributed by atoms with Gasteiger partial charge in [0.05, 0.1) is 18.4 Å². The molecule has 2 atom stereocenters. The molecule has 0 aliphatic heterocycles. The maximum atomic E-state index is 11.3. The molecular weight excluding hydrogens is 215 g/mol. The summed E-state index contributed by atoms with van der Waals surface area (Å²) in [7, 11) is -1.68. The van der Waals surface area contributed by atoms with Gasteiger partial charge in [-0.3, -0.25) is 9.59 Å². The van der Waals surface area contributed by atoms with Crippen LogP contribution >= 0.6 is 0 Å². The zero-order valence-corrected chi connectivity index (χ0v) is 9.09. The molecule has 7 nitrogen and oxygen atoms in total. The highest BCUT2D eigenvalue weighted by atomic mass is 16.4. The second kappa shape index (κ2) is 7.21. The van der Waals surface area contributed by atoms with Gasteiger partial charge < -0.3 is 26.2 Å². The van der Waals surface area contributed by atoms with Gasteiger partial charge >= 0.3 is 13.1 Å². The van der Waals surface area contributed by atoms with Crippen molar-refractivity contribution >= 4 is 19.0 Å². The first kappa shape index (κ1) is 14.9. The van der Waals surface area contributed by atoms with Crippen molar-refractivity contribution in [1.29, 1.82) is 0 Å². The van der Waals surface area contributed by atoms with Crippen LogP contribution in [0.5, 0.6) is 0 Å². The Morgan fingerprint density at radius 2 is 2.00 bits per heavy atom. The molecule has 8 heteroatoms. The van der Waals surface area contributed by atoms with Crippen LogP contribution in [-0.2, 0) is 9.59 Å². The van der Waals surface area contributed by atoms with E-state index in [1.54, 1.807) is 0 Å². The van der Waals surface area contributed by atoms with Gasteiger partial charge in [0.25, 0.3) is 0 Å². The van der Waals surface area contributed by atoms with Gasteiger partial charge in [-0.1, -0.05) is 13.3 Å². The Kier molecular flexibility index (Phi) is 6.70. The van der Waals surface area contributed by atoms with Crippen molar-refractivity contribution < 1.29 is 24.7 Å². The summed E-state index contributed by atoms with van der Waals surface area (Å²) in [6.45, 7) is 1.82. The van der Waals surface area contributed by atoms with Gasteiger partial charge in [-0.15, -0.1) is 0 Å². The molecule has 0 aromatic carbocycles. The standard InChI is InChI=1S/C8H17BN2O5/c1-2-3-6(9(15)16)11-8(14)5(10)4-7(12)13/h5-6,15-16H,2-4,10H2,1H3,(H,11,14)(H,12,13)/t5-,6-/m0/s1. The van der Waals surface area contributed by atoms with Crippen LogP contribution in [-0.4, -0.2) is 46.1 Å². The molecule has 0 rings (SSSR count). The monoisotopic (exact) mass is 232 g/mol. The number of nitrogens with one attached hydrogen (secondary N) is 1. The highest BCUT2D eigenvalue weighted by Gasteiger charge is 2.27. The number of amides is 1. The lowest BCUT2D eigenvalue weighted by Crippen LogP contribution is -2.52. The molecule has 0 saturated heterocycles. The zero-order valence-electron chi connectivity index (χ0n) is 9.09. The first-order valence-corrected chi connectivity index (χ1v) is 5.02. The lowest BCUT2D eigenvalue weighted by Gasteiger charge is -2.19. The van der Waals surface area contributed by atoms with E-state index in [0.29, 0.717) is 12.8 Å². The molecule has 0 aliphatic rings. The van der Waals surface area contributed by atoms with Crippen molar-refractivity contribution in [2.24, 2.45) is 5.73 Å². The predicted octanol–water partition coefficient (Wildman–Crippen LogP) is -1.91. The predicted molar refractivity (Wildman–Crippen MR) is 57.3 cm³/mol. The smallest absolute Gasteiger partial charge is 0.475 e. The lowest BCUT2D eigenvalue weighted by molar-refractivity contribution is -0.139. The fourth-order valence-corrected chi connectivity index (χ4v) is 1.18. The molecule has 0 unspecified atom stereocenters. The summed E-state index contributed by atoms with van der Waals surface area (Å²) >= 11 is 0. The van der Waals surface area contributed by atoms with Gasteiger partial charge in [-0.05, 0) is 6.42 Å². The first-order valence-electron chi connectivity index (χ1n) is 5.02. The summed E-state index contributed by atoms with van der Waals surface area (Å²) in [5.74, 6) is -2.70. The van der Waals surface area contributed by atoms with Crippen molar-refractivity contribution in [2.75, 3.05) is 0 Å². The maximum absolute atomic E-state index is 11.3. The number of carbonyl (C=O) groups excluding carboxylic acids is 1. The van der Waals surface area contributed by atoms with Crippen LogP contribution in [0.2, 0.25) is 0 Å². The van der Waals surface area contributed by atoms with Crippen LogP contribution in [0.1, 0.15) is 26.2 Å². The van der Waals surface area contributed by atoms with E-state index in [2.05, 4.69) is 5.32 Å². The fourth-order valence-electron chi connectivity index (χ4n) is 1.18. The Labute approximate surface area is 93.8 Å². The van der Waals surface area contributed by atoms with Gasteiger partial charge in [0, 0.05) is 0 Å². The molecule has 0 saturated carbocycles. The topological polar surface area (TPSA) is 133 Å². The Hall–Kier alpha value is -1.12. The minimum atomic E-state index is -1.68. The van der Waals surface area contributed by atoms with Crippen LogP contribution in [0.15, 0.2) is 0 Å². The van der Waals surface area contributed by atoms with E-state index < -0.39 is 37.4 Å². The van der Waals surface area contributed by atoms with E-state index in [1.165, 1.54) is 0 Å². The number of carboxylic acid groups (broad SMARTS) is 1. The number of carbonyl (C=O) groups is 2. The molecule has 0 heterocycles. The lowest BCUT2D eigenvalue weighted by atomic mass is 9.76. The molecule has 0 bridgehead atoms. The third-order valence-electron chi connectivity index (χ3n) is 2.02. The average molecular weight is 232 g/mol. The summed E-state index contributed by atoms with van der Waals surface area (Å²) in [6.07, 6.45) is 0.534. The first-order chi connectivity index (χ1) is 7.38. The second-order valence-electron chi connectivity index (χ2n) is 3.52. The summed E-state index contributed by atoms with van der Waals surface area (Å²) in [4.78, 5) is 21.6. The maximum Gasteiger partial charge on any atom is 0.475 e. The molecule has 0 aliphatic carbocycles. The largest absolute Gasteiger partial charge is 0.481 e. The van der Waals surface area contributed by atoms with Gasteiger partial charge in [-0.25, -0.2) is 0 Å². The average Bonchev–Trinajstić information content (AvgIpc) is 2.15. The Bertz CT molecular complexity index is 249. The zero-order chi connectivity index (χ0) is 12.7. The summed E-state index contributed by atoms with van der Waals surface area (Å²) in [5.41, 5.74) is 5.31. The summed E-state index contributed by atoms with van der Waals surface area (Å²) in [6, 6.07) is -1.18. The number of hydrogen-bond acceptors (Lipinski definition) is 5. The highest BCUT2D eigenvalue weighted by Crippen LogP contribution is 1.99. The molecular formula is C8H17BN2O5. The third-order valence-corrected chi connectivity index (χ3v) is 2.02. The Morgan fingerprint density at radius 1 is 1.44 bits per heavy atom. The van der Waals surface area contributed by atoms with E-state index in [9.17, 15) is 9.59 Å². The second-order valence-corrected chi connectivity index (χ2v) is 3.52. The molecule has 0 spiro atoms. The number of nitrogens with two attached hydrogens (primary N) is 1. The minimum Gasteiger partial charge on any atom is -0.481 e. The van der Waals surface area contributed by atoms with E-state index in [1.807, 2.05) is 6.92 Å². The Balaban J connectivity index is 4.22. The van der Waals surface area contributed by atoms with Crippen molar-refractivity contribution in [3.05, 3.63) is 0 Å². The van der Waals surface area contributed by atoms with Gasteiger partial charge in [0.1, 0.15) is 0 Å². The number of hydrogen-bond donors (Lipinski definition) is 5. The van der Waals surface area contributed by atoms with Crippen LogP contribution in [0, 0.1) is 0 Å². The van der Waals surface area contributed by atoms with E-state index >= 15 is 0 Å². The van der Waals surface area contributed by atoms with E-state index in [-0.39, 0.29) is 0 Å². The number of rotatable bonds is 7. The third kappa shape index (κ3) is 5.69. The molecule has 0 radical (unpaired) electrons. The molecule has 0 aromatic rings. The van der Waals surface area contributed by atoms with E-state index in [4.69, 9.17) is 20.9 Å². The normalized spacial score (nSPS) is 14.0. The summed E-state index contributed by atoms with van der Waals surface area (Å²) < 4.78 is 0. The molecule has 16 heavy (non-hydrogen) atoms. The fraction of sp³-hybridized carbons (Fsp3) is 0.750. The van der Waals surface area contributed by atoms with Crippen LogP contribution in [0.4, 0.5) is 0 Å². The van der Waals surface area contributed by atoms with Crippen molar-refractivity contribution in [2.45, 2.75) is 38.2 Å². The summed E-state index contributed by atoms with van der Waals surface area (Å²) in [5, 5.41) is 28.6. The van der Waals surface area contributed by atoms with Gasteiger partial charge in [-0.2, -0.15) is 0 Å². The van der Waals surface area contributed by atoms with Crippen LogP contribution < -0.4 is 11.1 Å². The number of aliphatic carboxylic acids is 1. The molecule has 0 fully saturated rings. The van der Waals surface area contributed by atoms with Gasteiger partial charge in [0.15, 0.2) is 0 Å². The quantitative estimate of drug-likeness (QED) is 0.325. The van der Waals surface area contributed by atoms with Crippen molar-refractivity contribution in [1.82, 2.24) is 5.32 Å². The molecule has 6 N–H and O–H groups in total. The van der Waals surface area contributed by atoms with Crippen molar-refractivity contribution in [3.8, 4) is 0 Å².